The van der Waals surface area contributed by atoms with E-state index in [9.17, 15) is 9.18 Å². The maximum absolute atomic E-state index is 13.5. The summed E-state index contributed by atoms with van der Waals surface area (Å²) < 4.78 is 19.2. The van der Waals surface area contributed by atoms with Gasteiger partial charge in [-0.1, -0.05) is 11.6 Å². The van der Waals surface area contributed by atoms with Crippen LogP contribution in [0.25, 0.3) is 0 Å². The molecule has 2 aromatic carbocycles. The third-order valence-corrected chi connectivity index (χ3v) is 5.21. The third kappa shape index (κ3) is 3.64. The van der Waals surface area contributed by atoms with Crippen molar-refractivity contribution >= 4 is 23.2 Å². The smallest absolute Gasteiger partial charge is 0.265 e. The Morgan fingerprint density at radius 1 is 1.28 bits per heavy atom. The van der Waals surface area contributed by atoms with Crippen molar-refractivity contribution in [1.29, 1.82) is 0 Å². The van der Waals surface area contributed by atoms with E-state index in [-0.39, 0.29) is 24.4 Å². The molecule has 0 bridgehead atoms. The summed E-state index contributed by atoms with van der Waals surface area (Å²) in [5.74, 6) is 0.214. The van der Waals surface area contributed by atoms with Crippen LogP contribution in [0.1, 0.15) is 30.0 Å². The van der Waals surface area contributed by atoms with Gasteiger partial charge in [-0.05, 0) is 80.6 Å². The minimum atomic E-state index is -0.274. The van der Waals surface area contributed by atoms with Gasteiger partial charge in [-0.25, -0.2) is 4.39 Å². The fourth-order valence-electron chi connectivity index (χ4n) is 3.30. The molecule has 1 heterocycles. The molecule has 0 radical (unpaired) electrons. The van der Waals surface area contributed by atoms with Crippen molar-refractivity contribution in [2.75, 3.05) is 11.5 Å². The van der Waals surface area contributed by atoms with Crippen LogP contribution in [-0.4, -0.2) is 18.6 Å². The van der Waals surface area contributed by atoms with Gasteiger partial charge in [-0.2, -0.15) is 0 Å². The van der Waals surface area contributed by atoms with E-state index < -0.39 is 0 Å². The molecule has 1 atom stereocenters. The summed E-state index contributed by atoms with van der Waals surface area (Å²) in [6.45, 7) is 5.74. The summed E-state index contributed by atoms with van der Waals surface area (Å²) in [6.07, 6.45) is 1.58. The Morgan fingerprint density at radius 2 is 1.96 bits per heavy atom. The molecule has 1 unspecified atom stereocenters. The van der Waals surface area contributed by atoms with Gasteiger partial charge in [0.25, 0.3) is 5.91 Å². The SMILES string of the molecule is Cc1cc(OCC(=O)N2c3ccc(F)cc3CCC2C)cc(C)c1Cl. The first-order valence-corrected chi connectivity index (χ1v) is 8.74. The zero-order chi connectivity index (χ0) is 18.1. The molecule has 3 nitrogen and oxygen atoms in total. The van der Waals surface area contributed by atoms with Gasteiger partial charge in [0.2, 0.25) is 0 Å². The second kappa shape index (κ2) is 7.04. The number of hydrogen-bond acceptors (Lipinski definition) is 2. The van der Waals surface area contributed by atoms with Crippen molar-refractivity contribution in [3.63, 3.8) is 0 Å². The highest BCUT2D eigenvalue weighted by Crippen LogP contribution is 2.32. The van der Waals surface area contributed by atoms with Crippen molar-refractivity contribution in [2.24, 2.45) is 0 Å². The Labute approximate surface area is 152 Å². The number of fused-ring (bicyclic) bond motifs is 1. The summed E-state index contributed by atoms with van der Waals surface area (Å²) in [6, 6.07) is 8.28. The number of carbonyl (C=O) groups is 1. The van der Waals surface area contributed by atoms with E-state index in [4.69, 9.17) is 16.3 Å². The van der Waals surface area contributed by atoms with Crippen molar-refractivity contribution in [1.82, 2.24) is 0 Å². The molecule has 1 aliphatic rings. The summed E-state index contributed by atoms with van der Waals surface area (Å²) >= 11 is 6.16. The van der Waals surface area contributed by atoms with E-state index in [1.807, 2.05) is 32.9 Å². The molecule has 3 rings (SSSR count). The average Bonchev–Trinajstić information content (AvgIpc) is 2.57. The molecule has 0 N–H and O–H groups in total. The molecule has 0 aromatic heterocycles. The second-order valence-electron chi connectivity index (χ2n) is 6.58. The molecule has 25 heavy (non-hydrogen) atoms. The lowest BCUT2D eigenvalue weighted by Crippen LogP contribution is -2.44. The lowest BCUT2D eigenvalue weighted by Gasteiger charge is -2.35. The van der Waals surface area contributed by atoms with E-state index in [1.54, 1.807) is 11.0 Å². The molecular formula is C20H21ClFNO2. The van der Waals surface area contributed by atoms with Gasteiger partial charge in [0.1, 0.15) is 11.6 Å². The van der Waals surface area contributed by atoms with Gasteiger partial charge in [0.15, 0.2) is 6.61 Å². The average molecular weight is 362 g/mol. The van der Waals surface area contributed by atoms with Gasteiger partial charge >= 0.3 is 0 Å². The number of carbonyl (C=O) groups excluding carboxylic acids is 1. The summed E-state index contributed by atoms with van der Waals surface area (Å²) in [7, 11) is 0. The Kier molecular flexibility index (Phi) is 5.00. The quantitative estimate of drug-likeness (QED) is 0.782. The highest BCUT2D eigenvalue weighted by molar-refractivity contribution is 6.32. The van der Waals surface area contributed by atoms with E-state index in [1.165, 1.54) is 12.1 Å². The van der Waals surface area contributed by atoms with Crippen LogP contribution in [0, 0.1) is 19.7 Å². The van der Waals surface area contributed by atoms with E-state index in [0.29, 0.717) is 10.8 Å². The molecule has 2 aromatic rings. The largest absolute Gasteiger partial charge is 0.484 e. The monoisotopic (exact) mass is 361 g/mol. The summed E-state index contributed by atoms with van der Waals surface area (Å²) in [5.41, 5.74) is 3.47. The lowest BCUT2D eigenvalue weighted by atomic mass is 9.96. The standard InChI is InChI=1S/C20H21ClFNO2/c1-12-8-17(9-13(2)20(12)21)25-11-19(24)23-14(3)4-5-15-10-16(22)6-7-18(15)23/h6-10,14H,4-5,11H2,1-3H3. The van der Waals surface area contributed by atoms with Gasteiger partial charge in [-0.3, -0.25) is 4.79 Å². The Bertz CT molecular complexity index is 798. The number of rotatable bonds is 3. The number of halogens is 2. The van der Waals surface area contributed by atoms with Gasteiger partial charge < -0.3 is 9.64 Å². The highest BCUT2D eigenvalue weighted by Gasteiger charge is 2.28. The van der Waals surface area contributed by atoms with Crippen molar-refractivity contribution in [3.05, 3.63) is 57.9 Å². The van der Waals surface area contributed by atoms with E-state index in [2.05, 4.69) is 0 Å². The number of hydrogen-bond donors (Lipinski definition) is 0. The Morgan fingerprint density at radius 3 is 2.64 bits per heavy atom. The number of benzene rings is 2. The predicted molar refractivity (Wildman–Crippen MR) is 98.1 cm³/mol. The van der Waals surface area contributed by atoms with Gasteiger partial charge in [0.05, 0.1) is 0 Å². The first kappa shape index (κ1) is 17.7. The van der Waals surface area contributed by atoms with Crippen LogP contribution in [0.3, 0.4) is 0 Å². The maximum atomic E-state index is 13.5. The van der Waals surface area contributed by atoms with Crippen LogP contribution < -0.4 is 9.64 Å². The fraction of sp³-hybridized carbons (Fsp3) is 0.350. The molecule has 132 valence electrons. The zero-order valence-corrected chi connectivity index (χ0v) is 15.4. The lowest BCUT2D eigenvalue weighted by molar-refractivity contribution is -0.121. The zero-order valence-electron chi connectivity index (χ0n) is 14.6. The number of anilines is 1. The fourth-order valence-corrected chi connectivity index (χ4v) is 3.41. The first-order chi connectivity index (χ1) is 11.9. The molecule has 0 saturated carbocycles. The van der Waals surface area contributed by atoms with Crippen molar-refractivity contribution < 1.29 is 13.9 Å². The highest BCUT2D eigenvalue weighted by atomic mass is 35.5. The second-order valence-corrected chi connectivity index (χ2v) is 6.96. The molecule has 0 spiro atoms. The minimum Gasteiger partial charge on any atom is -0.484 e. The van der Waals surface area contributed by atoms with Gasteiger partial charge in [-0.15, -0.1) is 0 Å². The Hall–Kier alpha value is -2.07. The Balaban J connectivity index is 1.77. The number of aryl methyl sites for hydroxylation is 3. The molecule has 0 saturated heterocycles. The van der Waals surface area contributed by atoms with Crippen molar-refractivity contribution in [3.8, 4) is 5.75 Å². The number of ether oxygens (including phenoxy) is 1. The molecular weight excluding hydrogens is 341 g/mol. The predicted octanol–water partition coefficient (Wildman–Crippen LogP) is 4.84. The molecule has 0 aliphatic carbocycles. The molecule has 1 amide bonds. The van der Waals surface area contributed by atoms with Gasteiger partial charge in [0, 0.05) is 16.8 Å². The number of nitrogens with zero attached hydrogens (tertiary/aromatic N) is 1. The van der Waals surface area contributed by atoms with Crippen LogP contribution in [0.2, 0.25) is 5.02 Å². The topological polar surface area (TPSA) is 29.5 Å². The first-order valence-electron chi connectivity index (χ1n) is 8.37. The summed E-state index contributed by atoms with van der Waals surface area (Å²) in [4.78, 5) is 14.5. The molecule has 5 heteroatoms. The number of amides is 1. The van der Waals surface area contributed by atoms with Crippen molar-refractivity contribution in [2.45, 2.75) is 39.7 Å². The van der Waals surface area contributed by atoms with E-state index in [0.717, 1.165) is 35.2 Å². The maximum Gasteiger partial charge on any atom is 0.265 e. The van der Waals surface area contributed by atoms with Crippen LogP contribution in [0.5, 0.6) is 5.75 Å². The van der Waals surface area contributed by atoms with Crippen LogP contribution in [0.4, 0.5) is 10.1 Å². The van der Waals surface area contributed by atoms with Crippen LogP contribution in [-0.2, 0) is 11.2 Å². The third-order valence-electron chi connectivity index (χ3n) is 4.61. The summed E-state index contributed by atoms with van der Waals surface area (Å²) in [5, 5.41) is 0.708. The van der Waals surface area contributed by atoms with Crippen LogP contribution >= 0.6 is 11.6 Å². The molecule has 0 fully saturated rings. The van der Waals surface area contributed by atoms with Crippen LogP contribution in [0.15, 0.2) is 30.3 Å². The minimum absolute atomic E-state index is 0.0581. The normalized spacial score (nSPS) is 16.5. The van der Waals surface area contributed by atoms with E-state index >= 15 is 0 Å². The molecule has 1 aliphatic heterocycles.